The van der Waals surface area contributed by atoms with Gasteiger partial charge in [-0.05, 0) is 75.4 Å². The van der Waals surface area contributed by atoms with Gasteiger partial charge in [0, 0.05) is 6.54 Å². The molecule has 2 atom stereocenters. The van der Waals surface area contributed by atoms with E-state index in [4.69, 9.17) is 9.47 Å². The monoisotopic (exact) mass is 477 g/mol. The van der Waals surface area contributed by atoms with Crippen molar-refractivity contribution in [2.45, 2.75) is 58.2 Å². The van der Waals surface area contributed by atoms with Gasteiger partial charge in [-0.3, -0.25) is 14.6 Å². The van der Waals surface area contributed by atoms with E-state index in [2.05, 4.69) is 42.3 Å². The maximum absolute atomic E-state index is 13.7. The fraction of sp³-hybridized carbons (Fsp3) is 0.500. The molecular weight excluding hydrogens is 442 g/mol. The highest BCUT2D eigenvalue weighted by Gasteiger charge is 2.55. The quantitative estimate of drug-likeness (QED) is 0.636. The van der Waals surface area contributed by atoms with Gasteiger partial charge < -0.3 is 14.8 Å². The second-order valence-corrected chi connectivity index (χ2v) is 10.1. The summed E-state index contributed by atoms with van der Waals surface area (Å²) in [6.45, 7) is 9.54. The van der Waals surface area contributed by atoms with Crippen molar-refractivity contribution < 1.29 is 19.1 Å². The minimum Gasteiger partial charge on any atom is -0.486 e. The first kappa shape index (κ1) is 23.7. The van der Waals surface area contributed by atoms with Crippen LogP contribution in [-0.4, -0.2) is 59.6 Å². The van der Waals surface area contributed by atoms with E-state index in [9.17, 15) is 9.59 Å². The highest BCUT2D eigenvalue weighted by atomic mass is 16.6. The number of ether oxygens (including phenoxy) is 2. The van der Waals surface area contributed by atoms with E-state index in [1.54, 1.807) is 0 Å². The van der Waals surface area contributed by atoms with E-state index in [1.807, 2.05) is 31.2 Å². The number of fused-ring (bicyclic) bond motifs is 1. The lowest BCUT2D eigenvalue weighted by Gasteiger charge is -2.40. The molecule has 0 saturated carbocycles. The van der Waals surface area contributed by atoms with Gasteiger partial charge in [0.15, 0.2) is 17.6 Å². The Labute approximate surface area is 207 Å². The first-order valence-electron chi connectivity index (χ1n) is 12.7. The number of hydrogen-bond donors (Lipinski definition) is 1. The molecule has 3 aliphatic heterocycles. The van der Waals surface area contributed by atoms with Gasteiger partial charge >= 0.3 is 6.03 Å². The maximum atomic E-state index is 13.7. The molecule has 186 valence electrons. The van der Waals surface area contributed by atoms with Gasteiger partial charge in [-0.25, -0.2) is 4.79 Å². The van der Waals surface area contributed by atoms with E-state index in [0.29, 0.717) is 24.5 Å². The van der Waals surface area contributed by atoms with E-state index in [0.717, 1.165) is 32.5 Å². The summed E-state index contributed by atoms with van der Waals surface area (Å²) in [6, 6.07) is 13.8. The number of likely N-dealkylation sites (tertiary alicyclic amines) is 1. The summed E-state index contributed by atoms with van der Waals surface area (Å²) in [7, 11) is 0. The number of imide groups is 1. The van der Waals surface area contributed by atoms with E-state index in [1.165, 1.54) is 21.6 Å². The molecule has 1 N–H and O–H groups in total. The number of carbonyl (C=O) groups is 2. The summed E-state index contributed by atoms with van der Waals surface area (Å²) in [6.07, 6.45) is 1.97. The number of para-hydroxylation sites is 2. The third kappa shape index (κ3) is 4.49. The number of piperidine rings is 1. The number of benzene rings is 2. The van der Waals surface area contributed by atoms with Crippen molar-refractivity contribution in [1.82, 2.24) is 15.1 Å². The number of hydrogen-bond acceptors (Lipinski definition) is 5. The molecule has 2 fully saturated rings. The highest BCUT2D eigenvalue weighted by molar-refractivity contribution is 6.07. The second kappa shape index (κ2) is 9.53. The standard InChI is InChI=1S/C28H35N3O4/c1-4-28(22-11-13-30(14-12-22)16-21-15-19(2)9-10-20(21)3)26(32)31(27(33)29-28)17-23-18-34-24-7-5-6-8-25(24)35-23/h5-10,15,22-23H,4,11-14,16-18H2,1-3H3,(H,29,33). The normalized spacial score (nSPS) is 25.1. The Kier molecular flexibility index (Phi) is 6.45. The van der Waals surface area contributed by atoms with E-state index >= 15 is 0 Å². The molecule has 2 unspecified atom stereocenters. The average molecular weight is 478 g/mol. The van der Waals surface area contributed by atoms with Crippen LogP contribution < -0.4 is 14.8 Å². The predicted molar refractivity (Wildman–Crippen MR) is 134 cm³/mol. The number of urea groups is 1. The van der Waals surface area contributed by atoms with Gasteiger partial charge in [0.25, 0.3) is 5.91 Å². The largest absolute Gasteiger partial charge is 0.486 e. The van der Waals surface area contributed by atoms with Gasteiger partial charge in [0.1, 0.15) is 12.1 Å². The molecule has 2 saturated heterocycles. The number of nitrogens with zero attached hydrogens (tertiary/aromatic N) is 2. The smallest absolute Gasteiger partial charge is 0.325 e. The highest BCUT2D eigenvalue weighted by Crippen LogP contribution is 2.37. The van der Waals surface area contributed by atoms with Crippen molar-refractivity contribution in [2.75, 3.05) is 26.2 Å². The first-order valence-corrected chi connectivity index (χ1v) is 12.7. The zero-order valence-corrected chi connectivity index (χ0v) is 20.9. The zero-order valence-electron chi connectivity index (χ0n) is 20.9. The summed E-state index contributed by atoms with van der Waals surface area (Å²) in [5.41, 5.74) is 3.12. The third-order valence-corrected chi connectivity index (χ3v) is 7.90. The number of carbonyl (C=O) groups excluding carboxylic acids is 2. The van der Waals surface area contributed by atoms with Gasteiger partial charge in [0.2, 0.25) is 0 Å². The summed E-state index contributed by atoms with van der Waals surface area (Å²) >= 11 is 0. The van der Waals surface area contributed by atoms with E-state index < -0.39 is 5.54 Å². The Morgan fingerprint density at radius 3 is 2.54 bits per heavy atom. The molecule has 3 aliphatic rings. The van der Waals surface area contributed by atoms with Crippen molar-refractivity contribution in [3.63, 3.8) is 0 Å². The predicted octanol–water partition coefficient (Wildman–Crippen LogP) is 4.06. The lowest BCUT2D eigenvalue weighted by Crippen LogP contribution is -2.56. The Hall–Kier alpha value is -3.06. The second-order valence-electron chi connectivity index (χ2n) is 10.1. The molecule has 7 heteroatoms. The van der Waals surface area contributed by atoms with E-state index in [-0.39, 0.29) is 30.5 Å². The van der Waals surface area contributed by atoms with Crippen molar-refractivity contribution >= 4 is 11.9 Å². The lowest BCUT2D eigenvalue weighted by atomic mass is 9.75. The van der Waals surface area contributed by atoms with Crippen LogP contribution in [0.4, 0.5) is 4.79 Å². The van der Waals surface area contributed by atoms with Crippen LogP contribution in [0.2, 0.25) is 0 Å². The molecule has 7 nitrogen and oxygen atoms in total. The topological polar surface area (TPSA) is 71.1 Å². The summed E-state index contributed by atoms with van der Waals surface area (Å²) in [5, 5.41) is 3.10. The average Bonchev–Trinajstić information content (AvgIpc) is 3.12. The van der Waals surface area contributed by atoms with Gasteiger partial charge in [-0.1, -0.05) is 42.8 Å². The molecule has 0 radical (unpaired) electrons. The van der Waals surface area contributed by atoms with Gasteiger partial charge in [0.05, 0.1) is 6.54 Å². The number of nitrogens with one attached hydrogen (secondary N) is 1. The first-order chi connectivity index (χ1) is 16.9. The van der Waals surface area contributed by atoms with Crippen molar-refractivity contribution in [3.05, 3.63) is 59.2 Å². The zero-order chi connectivity index (χ0) is 24.6. The molecule has 3 heterocycles. The Bertz CT molecular complexity index is 1110. The van der Waals surface area contributed by atoms with Gasteiger partial charge in [-0.15, -0.1) is 0 Å². The van der Waals surface area contributed by atoms with Crippen LogP contribution in [0.15, 0.2) is 42.5 Å². The Morgan fingerprint density at radius 2 is 1.80 bits per heavy atom. The molecule has 5 rings (SSSR count). The fourth-order valence-electron chi connectivity index (χ4n) is 5.77. The Balaban J connectivity index is 1.23. The molecule has 0 aliphatic carbocycles. The molecule has 0 bridgehead atoms. The number of amides is 3. The summed E-state index contributed by atoms with van der Waals surface area (Å²) in [4.78, 5) is 30.5. The SMILES string of the molecule is CCC1(C2CCN(Cc3cc(C)ccc3C)CC2)NC(=O)N(CC2COc3ccccc3O2)C1=O. The van der Waals surface area contributed by atoms with Crippen LogP contribution in [0.5, 0.6) is 11.5 Å². The van der Waals surface area contributed by atoms with Crippen LogP contribution in [-0.2, 0) is 11.3 Å². The van der Waals surface area contributed by atoms with Crippen LogP contribution in [0.1, 0.15) is 42.9 Å². The fourth-order valence-corrected chi connectivity index (χ4v) is 5.77. The number of aryl methyl sites for hydroxylation is 2. The van der Waals surface area contributed by atoms with Crippen molar-refractivity contribution in [3.8, 4) is 11.5 Å². The molecular formula is C28H35N3O4. The van der Waals surface area contributed by atoms with Crippen molar-refractivity contribution in [2.24, 2.45) is 5.92 Å². The van der Waals surface area contributed by atoms with Gasteiger partial charge in [-0.2, -0.15) is 0 Å². The Morgan fingerprint density at radius 1 is 1.06 bits per heavy atom. The molecule has 3 amide bonds. The summed E-state index contributed by atoms with van der Waals surface area (Å²) in [5.74, 6) is 1.33. The van der Waals surface area contributed by atoms with Crippen LogP contribution in [0.25, 0.3) is 0 Å². The third-order valence-electron chi connectivity index (χ3n) is 7.90. The van der Waals surface area contributed by atoms with Crippen LogP contribution in [0, 0.1) is 19.8 Å². The molecule has 0 spiro atoms. The minimum absolute atomic E-state index is 0.119. The maximum Gasteiger partial charge on any atom is 0.325 e. The van der Waals surface area contributed by atoms with Crippen LogP contribution >= 0.6 is 0 Å². The minimum atomic E-state index is -0.837. The summed E-state index contributed by atoms with van der Waals surface area (Å²) < 4.78 is 11.8. The molecule has 35 heavy (non-hydrogen) atoms. The number of rotatable bonds is 6. The van der Waals surface area contributed by atoms with Crippen LogP contribution in [0.3, 0.4) is 0 Å². The molecule has 0 aromatic heterocycles. The molecule has 2 aromatic rings. The molecule has 2 aromatic carbocycles. The van der Waals surface area contributed by atoms with Crippen molar-refractivity contribution in [1.29, 1.82) is 0 Å². The lowest BCUT2D eigenvalue weighted by molar-refractivity contribution is -0.135.